The molecule has 1 aliphatic rings. The van der Waals surface area contributed by atoms with Crippen molar-refractivity contribution in [1.82, 2.24) is 4.57 Å². The summed E-state index contributed by atoms with van der Waals surface area (Å²) in [7, 11) is 1.32. The Labute approximate surface area is 198 Å². The van der Waals surface area contributed by atoms with Crippen molar-refractivity contribution in [2.75, 3.05) is 12.0 Å². The first-order chi connectivity index (χ1) is 15.7. The van der Waals surface area contributed by atoms with Crippen LogP contribution in [0.15, 0.2) is 71.4 Å². The highest BCUT2D eigenvalue weighted by Gasteiger charge is 2.38. The number of amides is 1. The van der Waals surface area contributed by atoms with Crippen LogP contribution in [0.3, 0.4) is 0 Å². The number of ether oxygens (including phenoxy) is 1. The van der Waals surface area contributed by atoms with Crippen molar-refractivity contribution in [1.29, 1.82) is 0 Å². The number of nitrogens with zero attached hydrogens (tertiary/aromatic N) is 2. The van der Waals surface area contributed by atoms with Gasteiger partial charge in [-0.05, 0) is 69.7 Å². The van der Waals surface area contributed by atoms with Gasteiger partial charge in [-0.15, -0.1) is 0 Å². The van der Waals surface area contributed by atoms with E-state index in [1.54, 1.807) is 17.9 Å². The van der Waals surface area contributed by atoms with E-state index in [9.17, 15) is 9.59 Å². The number of aryl methyl sites for hydroxylation is 2. The number of carbonyl (C=O) groups excluding carboxylic acids is 2. The highest BCUT2D eigenvalue weighted by atomic mass is 35.5. The van der Waals surface area contributed by atoms with Gasteiger partial charge >= 0.3 is 5.97 Å². The van der Waals surface area contributed by atoms with Crippen molar-refractivity contribution in [2.45, 2.75) is 27.7 Å². The molecule has 0 saturated heterocycles. The maximum atomic E-state index is 13.5. The van der Waals surface area contributed by atoms with Crippen LogP contribution in [0.4, 0.5) is 5.69 Å². The largest absolute Gasteiger partial charge is 0.465 e. The molecule has 0 aliphatic carbocycles. The van der Waals surface area contributed by atoms with Gasteiger partial charge in [-0.25, -0.2) is 4.79 Å². The molecule has 0 spiro atoms. The summed E-state index contributed by atoms with van der Waals surface area (Å²) >= 11 is 6.44. The minimum absolute atomic E-state index is 0.265. The molecule has 0 N–H and O–H groups in total. The number of hydrogen-bond donors (Lipinski definition) is 0. The van der Waals surface area contributed by atoms with E-state index in [0.29, 0.717) is 22.0 Å². The number of benzene rings is 2. The van der Waals surface area contributed by atoms with Crippen molar-refractivity contribution in [3.63, 3.8) is 0 Å². The van der Waals surface area contributed by atoms with E-state index in [2.05, 4.69) is 0 Å². The van der Waals surface area contributed by atoms with Crippen molar-refractivity contribution in [3.05, 3.63) is 99.0 Å². The van der Waals surface area contributed by atoms with Gasteiger partial charge in [0.25, 0.3) is 5.91 Å². The van der Waals surface area contributed by atoms with E-state index < -0.39 is 5.97 Å². The lowest BCUT2D eigenvalue weighted by molar-refractivity contribution is -0.136. The Morgan fingerprint density at radius 3 is 2.30 bits per heavy atom. The minimum Gasteiger partial charge on any atom is -0.465 e. The predicted molar refractivity (Wildman–Crippen MR) is 132 cm³/mol. The molecule has 3 aromatic rings. The molecular weight excluding hydrogens is 436 g/mol. The van der Waals surface area contributed by atoms with Crippen molar-refractivity contribution in [2.24, 2.45) is 0 Å². The first-order valence-corrected chi connectivity index (χ1v) is 11.0. The Balaban J connectivity index is 1.86. The third kappa shape index (κ3) is 3.89. The van der Waals surface area contributed by atoms with Crippen molar-refractivity contribution < 1.29 is 14.3 Å². The van der Waals surface area contributed by atoms with Crippen LogP contribution in [0.5, 0.6) is 0 Å². The molecule has 0 unspecified atom stereocenters. The van der Waals surface area contributed by atoms with Crippen LogP contribution in [0.25, 0.3) is 11.8 Å². The number of rotatable bonds is 4. The van der Waals surface area contributed by atoms with Gasteiger partial charge in [0.15, 0.2) is 0 Å². The highest BCUT2D eigenvalue weighted by Crippen LogP contribution is 2.36. The van der Waals surface area contributed by atoms with Crippen LogP contribution in [0.2, 0.25) is 5.02 Å². The molecule has 1 amide bonds. The summed E-state index contributed by atoms with van der Waals surface area (Å²) in [6, 6.07) is 17.2. The minimum atomic E-state index is -0.540. The Hall–Kier alpha value is -3.57. The lowest BCUT2D eigenvalue weighted by Crippen LogP contribution is -2.24. The number of esters is 1. The maximum absolute atomic E-state index is 13.5. The zero-order valence-corrected chi connectivity index (χ0v) is 20.0. The molecular formula is C27H25ClN2O3. The van der Waals surface area contributed by atoms with E-state index in [4.69, 9.17) is 16.3 Å². The Bertz CT molecular complexity index is 1330. The van der Waals surface area contributed by atoms with Gasteiger partial charge in [-0.3, -0.25) is 9.69 Å². The van der Waals surface area contributed by atoms with E-state index in [0.717, 1.165) is 28.2 Å². The standard InChI is InChI=1S/C27H25ClN2O3/c1-16-10-12-21(13-11-16)30-19(4)25(27(32)33-5)22(26(30)31)15-20-14-17(2)29(18(20)3)24-9-7-6-8-23(24)28/h6-15H,1-5H3/b22-15-. The molecule has 0 bridgehead atoms. The molecule has 0 saturated carbocycles. The summed E-state index contributed by atoms with van der Waals surface area (Å²) in [6.07, 6.45) is 1.77. The van der Waals surface area contributed by atoms with Crippen LogP contribution in [-0.4, -0.2) is 23.6 Å². The fraction of sp³-hybridized carbons (Fsp3) is 0.185. The summed E-state index contributed by atoms with van der Waals surface area (Å²) in [5, 5.41) is 0.631. The van der Waals surface area contributed by atoms with E-state index in [1.807, 2.05) is 79.9 Å². The Morgan fingerprint density at radius 2 is 1.67 bits per heavy atom. The van der Waals surface area contributed by atoms with E-state index in [1.165, 1.54) is 7.11 Å². The van der Waals surface area contributed by atoms with Gasteiger partial charge < -0.3 is 9.30 Å². The third-order valence-electron chi connectivity index (χ3n) is 5.95. The number of anilines is 1. The van der Waals surface area contributed by atoms with E-state index >= 15 is 0 Å². The summed E-state index contributed by atoms with van der Waals surface area (Å²) in [5.41, 5.74) is 6.47. The lowest BCUT2D eigenvalue weighted by atomic mass is 10.0. The van der Waals surface area contributed by atoms with E-state index in [-0.39, 0.29) is 11.5 Å². The van der Waals surface area contributed by atoms with Gasteiger partial charge in [0.05, 0.1) is 29.0 Å². The Kier molecular flexibility index (Phi) is 6.00. The number of halogens is 1. The second kappa shape index (κ2) is 8.75. The molecule has 0 radical (unpaired) electrons. The van der Waals surface area contributed by atoms with Gasteiger partial charge in [0.1, 0.15) is 0 Å². The number of allylic oxidation sites excluding steroid dienone is 1. The smallest absolute Gasteiger partial charge is 0.340 e. The molecule has 2 aromatic carbocycles. The normalized spacial score (nSPS) is 15.0. The predicted octanol–water partition coefficient (Wildman–Crippen LogP) is 5.93. The third-order valence-corrected chi connectivity index (χ3v) is 6.26. The van der Waals surface area contributed by atoms with Crippen LogP contribution in [-0.2, 0) is 14.3 Å². The van der Waals surface area contributed by atoms with Gasteiger partial charge in [-0.1, -0.05) is 41.4 Å². The molecule has 168 valence electrons. The number of carbonyl (C=O) groups is 2. The van der Waals surface area contributed by atoms with Crippen LogP contribution in [0.1, 0.15) is 29.4 Å². The van der Waals surface area contributed by atoms with Gasteiger partial charge in [-0.2, -0.15) is 0 Å². The zero-order chi connectivity index (χ0) is 23.9. The number of hydrogen-bond acceptors (Lipinski definition) is 3. The molecule has 4 rings (SSSR count). The highest BCUT2D eigenvalue weighted by molar-refractivity contribution is 6.32. The van der Waals surface area contributed by atoms with Crippen molar-refractivity contribution >= 4 is 35.2 Å². The number of aromatic nitrogens is 1. The maximum Gasteiger partial charge on any atom is 0.340 e. The summed E-state index contributed by atoms with van der Waals surface area (Å²) in [4.78, 5) is 27.8. The quantitative estimate of drug-likeness (QED) is 0.358. The van der Waals surface area contributed by atoms with Crippen LogP contribution in [0, 0.1) is 20.8 Å². The summed E-state index contributed by atoms with van der Waals surface area (Å²) in [5.74, 6) is -0.805. The Morgan fingerprint density at radius 1 is 1.00 bits per heavy atom. The van der Waals surface area contributed by atoms with Gasteiger partial charge in [0, 0.05) is 22.8 Å². The van der Waals surface area contributed by atoms with Crippen molar-refractivity contribution in [3.8, 4) is 5.69 Å². The topological polar surface area (TPSA) is 51.5 Å². The molecule has 5 nitrogen and oxygen atoms in total. The molecule has 2 heterocycles. The first-order valence-electron chi connectivity index (χ1n) is 10.6. The molecule has 1 aliphatic heterocycles. The SMILES string of the molecule is COC(=O)C1=C(C)N(c2ccc(C)cc2)C(=O)/C1=C\c1cc(C)n(-c2ccccc2Cl)c1C. The van der Waals surface area contributed by atoms with Crippen LogP contribution >= 0.6 is 11.6 Å². The second-order valence-corrected chi connectivity index (χ2v) is 8.51. The molecule has 6 heteroatoms. The average Bonchev–Trinajstić information content (AvgIpc) is 3.20. The second-order valence-electron chi connectivity index (χ2n) is 8.10. The monoisotopic (exact) mass is 460 g/mol. The average molecular weight is 461 g/mol. The fourth-order valence-corrected chi connectivity index (χ4v) is 4.50. The lowest BCUT2D eigenvalue weighted by Gasteiger charge is -2.18. The molecule has 33 heavy (non-hydrogen) atoms. The van der Waals surface area contributed by atoms with Gasteiger partial charge in [0.2, 0.25) is 0 Å². The molecule has 1 aromatic heterocycles. The number of para-hydroxylation sites is 1. The number of methoxy groups -OCH3 is 1. The molecule has 0 atom stereocenters. The fourth-order valence-electron chi connectivity index (χ4n) is 4.28. The zero-order valence-electron chi connectivity index (χ0n) is 19.3. The summed E-state index contributed by atoms with van der Waals surface area (Å²) in [6.45, 7) is 7.69. The molecule has 0 fully saturated rings. The first kappa shape index (κ1) is 22.6. The summed E-state index contributed by atoms with van der Waals surface area (Å²) < 4.78 is 7.07. The van der Waals surface area contributed by atoms with Crippen LogP contribution < -0.4 is 4.90 Å².